The highest BCUT2D eigenvalue weighted by Crippen LogP contribution is 2.28. The number of hydrogen-bond acceptors (Lipinski definition) is 2. The molecule has 0 aliphatic heterocycles. The molecule has 0 saturated heterocycles. The highest BCUT2D eigenvalue weighted by Gasteiger charge is 2.33. The Balaban J connectivity index is 2.56. The van der Waals surface area contributed by atoms with Gasteiger partial charge in [-0.3, -0.25) is 4.79 Å². The lowest BCUT2D eigenvalue weighted by molar-refractivity contribution is -0.118. The van der Waals surface area contributed by atoms with Gasteiger partial charge in [-0.2, -0.15) is 0 Å². The molecular formula is C11H19NO2. The molecule has 1 aliphatic carbocycles. The first-order chi connectivity index (χ1) is 6.58. The van der Waals surface area contributed by atoms with E-state index < -0.39 is 0 Å². The normalized spacial score (nSPS) is 19.1. The highest BCUT2D eigenvalue weighted by atomic mass is 16.3. The van der Waals surface area contributed by atoms with Gasteiger partial charge in [0.25, 0.3) is 0 Å². The van der Waals surface area contributed by atoms with Crippen LogP contribution in [0.4, 0.5) is 0 Å². The molecule has 0 spiro atoms. The molecule has 0 aromatic carbocycles. The SMILES string of the molecule is CC(C)=CC(=O)NC1(CO)CCCC1. The Hall–Kier alpha value is -0.830. The molecule has 1 amide bonds. The van der Waals surface area contributed by atoms with Gasteiger partial charge in [0.1, 0.15) is 0 Å². The number of carbonyl (C=O) groups excluding carboxylic acids is 1. The van der Waals surface area contributed by atoms with Crippen molar-refractivity contribution >= 4 is 5.91 Å². The van der Waals surface area contributed by atoms with Crippen LogP contribution in [0.1, 0.15) is 39.5 Å². The van der Waals surface area contributed by atoms with Crippen LogP contribution in [-0.4, -0.2) is 23.2 Å². The van der Waals surface area contributed by atoms with Crippen molar-refractivity contribution in [2.45, 2.75) is 45.1 Å². The minimum absolute atomic E-state index is 0.0509. The summed E-state index contributed by atoms with van der Waals surface area (Å²) in [6.07, 6.45) is 5.55. The van der Waals surface area contributed by atoms with Crippen LogP contribution in [0.3, 0.4) is 0 Å². The Labute approximate surface area is 85.2 Å². The summed E-state index contributed by atoms with van der Waals surface area (Å²) in [5.74, 6) is -0.0825. The predicted molar refractivity (Wildman–Crippen MR) is 55.9 cm³/mol. The Bertz CT molecular complexity index is 236. The second kappa shape index (κ2) is 4.60. The van der Waals surface area contributed by atoms with E-state index in [2.05, 4.69) is 5.32 Å². The number of aliphatic hydroxyl groups excluding tert-OH is 1. The van der Waals surface area contributed by atoms with E-state index in [1.807, 2.05) is 13.8 Å². The summed E-state index contributed by atoms with van der Waals surface area (Å²) in [6, 6.07) is 0. The van der Waals surface area contributed by atoms with Crippen molar-refractivity contribution in [3.63, 3.8) is 0 Å². The molecule has 1 rings (SSSR count). The van der Waals surface area contributed by atoms with E-state index in [-0.39, 0.29) is 18.1 Å². The van der Waals surface area contributed by atoms with Crippen LogP contribution in [0.15, 0.2) is 11.6 Å². The predicted octanol–water partition coefficient (Wildman–Crippen LogP) is 1.37. The maximum absolute atomic E-state index is 11.5. The second-order valence-electron chi connectivity index (χ2n) is 4.36. The minimum atomic E-state index is -0.344. The lowest BCUT2D eigenvalue weighted by Gasteiger charge is -2.27. The maximum atomic E-state index is 11.5. The van der Waals surface area contributed by atoms with E-state index in [0.717, 1.165) is 31.3 Å². The zero-order chi connectivity index (χ0) is 10.6. The van der Waals surface area contributed by atoms with Gasteiger partial charge in [0.15, 0.2) is 0 Å². The van der Waals surface area contributed by atoms with Crippen molar-refractivity contribution in [2.24, 2.45) is 0 Å². The minimum Gasteiger partial charge on any atom is -0.394 e. The standard InChI is InChI=1S/C11H19NO2/c1-9(2)7-10(14)12-11(8-13)5-3-4-6-11/h7,13H,3-6,8H2,1-2H3,(H,12,14). The molecular weight excluding hydrogens is 178 g/mol. The molecule has 0 unspecified atom stereocenters. The van der Waals surface area contributed by atoms with Crippen molar-refractivity contribution in [1.29, 1.82) is 0 Å². The fourth-order valence-corrected chi connectivity index (χ4v) is 1.93. The molecule has 3 heteroatoms. The van der Waals surface area contributed by atoms with Crippen molar-refractivity contribution in [1.82, 2.24) is 5.32 Å². The lowest BCUT2D eigenvalue weighted by atomic mass is 9.99. The van der Waals surface area contributed by atoms with Gasteiger partial charge in [-0.15, -0.1) is 0 Å². The number of carbonyl (C=O) groups is 1. The lowest BCUT2D eigenvalue weighted by Crippen LogP contribution is -2.48. The zero-order valence-corrected chi connectivity index (χ0v) is 8.97. The van der Waals surface area contributed by atoms with E-state index in [9.17, 15) is 9.90 Å². The van der Waals surface area contributed by atoms with Crippen LogP contribution >= 0.6 is 0 Å². The number of aliphatic hydroxyl groups is 1. The second-order valence-corrected chi connectivity index (χ2v) is 4.36. The van der Waals surface area contributed by atoms with E-state index in [1.54, 1.807) is 6.08 Å². The van der Waals surface area contributed by atoms with Crippen LogP contribution in [0.5, 0.6) is 0 Å². The summed E-state index contributed by atoms with van der Waals surface area (Å²) in [5, 5.41) is 12.2. The van der Waals surface area contributed by atoms with Crippen molar-refractivity contribution < 1.29 is 9.90 Å². The molecule has 1 aliphatic rings. The molecule has 0 aromatic heterocycles. The third-order valence-corrected chi connectivity index (χ3v) is 2.67. The topological polar surface area (TPSA) is 49.3 Å². The number of rotatable bonds is 3. The highest BCUT2D eigenvalue weighted by molar-refractivity contribution is 5.88. The fraction of sp³-hybridized carbons (Fsp3) is 0.727. The maximum Gasteiger partial charge on any atom is 0.244 e. The Morgan fingerprint density at radius 3 is 2.43 bits per heavy atom. The fourth-order valence-electron chi connectivity index (χ4n) is 1.93. The molecule has 0 aromatic rings. The summed E-state index contributed by atoms with van der Waals surface area (Å²) >= 11 is 0. The number of nitrogens with one attached hydrogen (secondary N) is 1. The average Bonchev–Trinajstić information content (AvgIpc) is 2.52. The Morgan fingerprint density at radius 2 is 2.00 bits per heavy atom. The third kappa shape index (κ3) is 2.84. The average molecular weight is 197 g/mol. The summed E-state index contributed by atoms with van der Waals surface area (Å²) < 4.78 is 0. The van der Waals surface area contributed by atoms with Crippen LogP contribution < -0.4 is 5.32 Å². The molecule has 1 saturated carbocycles. The van der Waals surface area contributed by atoms with Gasteiger partial charge in [-0.1, -0.05) is 18.4 Å². The van der Waals surface area contributed by atoms with Crippen LogP contribution in [-0.2, 0) is 4.79 Å². The molecule has 0 radical (unpaired) electrons. The van der Waals surface area contributed by atoms with Gasteiger partial charge in [0.05, 0.1) is 12.1 Å². The first kappa shape index (κ1) is 11.2. The Morgan fingerprint density at radius 1 is 1.43 bits per heavy atom. The van der Waals surface area contributed by atoms with Gasteiger partial charge in [-0.25, -0.2) is 0 Å². The number of amides is 1. The van der Waals surface area contributed by atoms with Gasteiger partial charge in [0, 0.05) is 6.08 Å². The first-order valence-corrected chi connectivity index (χ1v) is 5.16. The van der Waals surface area contributed by atoms with Crippen LogP contribution in [0.25, 0.3) is 0 Å². The molecule has 0 heterocycles. The summed E-state index contributed by atoms with van der Waals surface area (Å²) in [4.78, 5) is 11.5. The van der Waals surface area contributed by atoms with Crippen LogP contribution in [0.2, 0.25) is 0 Å². The van der Waals surface area contributed by atoms with Crippen molar-refractivity contribution in [3.05, 3.63) is 11.6 Å². The van der Waals surface area contributed by atoms with E-state index >= 15 is 0 Å². The quantitative estimate of drug-likeness (QED) is 0.671. The number of hydrogen-bond donors (Lipinski definition) is 2. The largest absolute Gasteiger partial charge is 0.394 e. The summed E-state index contributed by atoms with van der Waals surface area (Å²) in [7, 11) is 0. The summed E-state index contributed by atoms with van der Waals surface area (Å²) in [6.45, 7) is 3.83. The van der Waals surface area contributed by atoms with Gasteiger partial charge < -0.3 is 10.4 Å². The van der Waals surface area contributed by atoms with E-state index in [1.165, 1.54) is 0 Å². The molecule has 0 bridgehead atoms. The zero-order valence-electron chi connectivity index (χ0n) is 8.97. The third-order valence-electron chi connectivity index (χ3n) is 2.67. The molecule has 14 heavy (non-hydrogen) atoms. The smallest absolute Gasteiger partial charge is 0.244 e. The summed E-state index contributed by atoms with van der Waals surface area (Å²) in [5.41, 5.74) is 0.636. The molecule has 2 N–H and O–H groups in total. The first-order valence-electron chi connectivity index (χ1n) is 5.16. The van der Waals surface area contributed by atoms with Gasteiger partial charge >= 0.3 is 0 Å². The number of allylic oxidation sites excluding steroid dienone is 1. The van der Waals surface area contributed by atoms with Crippen molar-refractivity contribution in [2.75, 3.05) is 6.61 Å². The molecule has 80 valence electrons. The Kier molecular flexibility index (Phi) is 3.69. The van der Waals surface area contributed by atoms with E-state index in [4.69, 9.17) is 0 Å². The molecule has 3 nitrogen and oxygen atoms in total. The van der Waals surface area contributed by atoms with Crippen LogP contribution in [0, 0.1) is 0 Å². The molecule has 0 atom stereocenters. The van der Waals surface area contributed by atoms with Crippen molar-refractivity contribution in [3.8, 4) is 0 Å². The van der Waals surface area contributed by atoms with Gasteiger partial charge in [-0.05, 0) is 26.7 Å². The monoisotopic (exact) mass is 197 g/mol. The molecule has 1 fully saturated rings. The van der Waals surface area contributed by atoms with E-state index in [0.29, 0.717) is 0 Å². The van der Waals surface area contributed by atoms with Gasteiger partial charge in [0.2, 0.25) is 5.91 Å².